The van der Waals surface area contributed by atoms with Crippen molar-refractivity contribution < 1.29 is 18.3 Å². The quantitative estimate of drug-likeness (QED) is 0.775. The molecule has 2 N–H and O–H groups in total. The van der Waals surface area contributed by atoms with Gasteiger partial charge in [-0.2, -0.15) is 0 Å². The molecule has 0 radical (unpaired) electrons. The monoisotopic (exact) mass is 271 g/mol. The predicted octanol–water partition coefficient (Wildman–Crippen LogP) is 1.01. The molecule has 0 fully saturated rings. The molecule has 5 nitrogen and oxygen atoms in total. The molecule has 0 aliphatic carbocycles. The van der Waals surface area contributed by atoms with Crippen molar-refractivity contribution in [1.29, 1.82) is 0 Å². The lowest BCUT2D eigenvalue weighted by atomic mass is 10.2. The van der Waals surface area contributed by atoms with Gasteiger partial charge in [-0.1, -0.05) is 37.3 Å². The van der Waals surface area contributed by atoms with Crippen molar-refractivity contribution in [2.45, 2.75) is 25.8 Å². The number of aliphatic carboxylic acids is 1. The highest BCUT2D eigenvalue weighted by Crippen LogP contribution is 2.03. The second-order valence-corrected chi connectivity index (χ2v) is 5.84. The SMILES string of the molecule is CC[C@@H](NS(=O)(=O)CCc1ccccc1)C(=O)O. The van der Waals surface area contributed by atoms with E-state index in [0.29, 0.717) is 6.42 Å². The van der Waals surface area contributed by atoms with E-state index in [1.807, 2.05) is 30.3 Å². The first-order valence-corrected chi connectivity index (χ1v) is 7.36. The van der Waals surface area contributed by atoms with Gasteiger partial charge in [-0.25, -0.2) is 13.1 Å². The summed E-state index contributed by atoms with van der Waals surface area (Å²) in [5.74, 6) is -1.26. The highest BCUT2D eigenvalue weighted by Gasteiger charge is 2.21. The Labute approximate surface area is 107 Å². The summed E-state index contributed by atoms with van der Waals surface area (Å²) in [6.07, 6.45) is 0.589. The second-order valence-electron chi connectivity index (χ2n) is 3.97. The van der Waals surface area contributed by atoms with Crippen LogP contribution in [0.3, 0.4) is 0 Å². The maximum Gasteiger partial charge on any atom is 0.321 e. The fourth-order valence-electron chi connectivity index (χ4n) is 1.48. The normalized spacial score (nSPS) is 13.2. The highest BCUT2D eigenvalue weighted by atomic mass is 32.2. The van der Waals surface area contributed by atoms with Crippen molar-refractivity contribution in [2.24, 2.45) is 0 Å². The summed E-state index contributed by atoms with van der Waals surface area (Å²) < 4.78 is 25.6. The van der Waals surface area contributed by atoms with E-state index in [1.54, 1.807) is 6.92 Å². The molecular formula is C12H17NO4S. The Morgan fingerprint density at radius 3 is 2.44 bits per heavy atom. The van der Waals surface area contributed by atoms with Crippen molar-refractivity contribution >= 4 is 16.0 Å². The first-order valence-electron chi connectivity index (χ1n) is 5.71. The van der Waals surface area contributed by atoms with E-state index < -0.39 is 22.0 Å². The zero-order chi connectivity index (χ0) is 13.6. The van der Waals surface area contributed by atoms with Crippen LogP contribution in [0.1, 0.15) is 18.9 Å². The van der Waals surface area contributed by atoms with Gasteiger partial charge in [0, 0.05) is 0 Å². The lowest BCUT2D eigenvalue weighted by Gasteiger charge is -2.12. The van der Waals surface area contributed by atoms with Gasteiger partial charge >= 0.3 is 5.97 Å². The minimum Gasteiger partial charge on any atom is -0.480 e. The van der Waals surface area contributed by atoms with Crippen LogP contribution in [0.25, 0.3) is 0 Å². The summed E-state index contributed by atoms with van der Waals surface area (Å²) in [6, 6.07) is 8.15. The highest BCUT2D eigenvalue weighted by molar-refractivity contribution is 7.89. The number of carbonyl (C=O) groups is 1. The van der Waals surface area contributed by atoms with Crippen LogP contribution in [0, 0.1) is 0 Å². The fraction of sp³-hybridized carbons (Fsp3) is 0.417. The maximum atomic E-state index is 11.7. The van der Waals surface area contributed by atoms with E-state index in [-0.39, 0.29) is 12.2 Å². The van der Waals surface area contributed by atoms with Crippen LogP contribution >= 0.6 is 0 Å². The third kappa shape index (κ3) is 4.85. The van der Waals surface area contributed by atoms with E-state index in [4.69, 9.17) is 5.11 Å². The van der Waals surface area contributed by atoms with E-state index >= 15 is 0 Å². The third-order valence-electron chi connectivity index (χ3n) is 2.53. The standard InChI is InChI=1S/C12H17NO4S/c1-2-11(12(14)15)13-18(16,17)9-8-10-6-4-3-5-7-10/h3-7,11,13H,2,8-9H2,1H3,(H,14,15)/t11-/m1/s1. The van der Waals surface area contributed by atoms with Gasteiger partial charge in [-0.3, -0.25) is 4.79 Å². The Kier molecular flexibility index (Phi) is 5.30. The van der Waals surface area contributed by atoms with Crippen LogP contribution in [-0.2, 0) is 21.2 Å². The van der Waals surface area contributed by atoms with E-state index in [9.17, 15) is 13.2 Å². The summed E-state index contributed by atoms with van der Waals surface area (Å²) in [5, 5.41) is 8.79. The lowest BCUT2D eigenvalue weighted by Crippen LogP contribution is -2.41. The molecule has 1 atom stereocenters. The van der Waals surface area contributed by atoms with Crippen molar-refractivity contribution in [1.82, 2.24) is 4.72 Å². The molecule has 1 aromatic carbocycles. The van der Waals surface area contributed by atoms with Crippen molar-refractivity contribution in [3.8, 4) is 0 Å². The summed E-state index contributed by atoms with van der Waals surface area (Å²) in [7, 11) is -3.57. The molecule has 100 valence electrons. The molecule has 0 saturated carbocycles. The maximum absolute atomic E-state index is 11.7. The molecule has 0 saturated heterocycles. The number of hydrogen-bond acceptors (Lipinski definition) is 3. The molecule has 0 aromatic heterocycles. The topological polar surface area (TPSA) is 83.5 Å². The number of benzene rings is 1. The molecule has 1 rings (SSSR count). The minimum atomic E-state index is -3.57. The largest absolute Gasteiger partial charge is 0.480 e. The molecule has 0 bridgehead atoms. The first kappa shape index (κ1) is 14.7. The van der Waals surface area contributed by atoms with Gasteiger partial charge in [-0.15, -0.1) is 0 Å². The number of nitrogens with one attached hydrogen (secondary N) is 1. The molecule has 18 heavy (non-hydrogen) atoms. The summed E-state index contributed by atoms with van der Waals surface area (Å²) in [4.78, 5) is 10.8. The van der Waals surface area contributed by atoms with E-state index in [0.717, 1.165) is 5.56 Å². The van der Waals surface area contributed by atoms with Crippen LogP contribution in [0.5, 0.6) is 0 Å². The van der Waals surface area contributed by atoms with E-state index in [2.05, 4.69) is 4.72 Å². The van der Waals surface area contributed by atoms with Crippen molar-refractivity contribution in [3.63, 3.8) is 0 Å². The Hall–Kier alpha value is -1.40. The molecule has 0 aliphatic rings. The lowest BCUT2D eigenvalue weighted by molar-refractivity contribution is -0.139. The molecule has 0 amide bonds. The Bertz CT molecular complexity index is 484. The second kappa shape index (κ2) is 6.51. The van der Waals surface area contributed by atoms with Crippen LogP contribution < -0.4 is 4.72 Å². The van der Waals surface area contributed by atoms with E-state index in [1.165, 1.54) is 0 Å². The molecule has 1 aromatic rings. The van der Waals surface area contributed by atoms with Crippen LogP contribution in [0.2, 0.25) is 0 Å². The molecular weight excluding hydrogens is 254 g/mol. The number of aryl methyl sites for hydroxylation is 1. The predicted molar refractivity (Wildman–Crippen MR) is 68.8 cm³/mol. The van der Waals surface area contributed by atoms with Crippen LogP contribution in [0.4, 0.5) is 0 Å². The number of hydrogen-bond donors (Lipinski definition) is 2. The number of rotatable bonds is 7. The Morgan fingerprint density at radius 1 is 1.33 bits per heavy atom. The fourth-order valence-corrected chi connectivity index (χ4v) is 2.80. The molecule has 0 heterocycles. The van der Waals surface area contributed by atoms with Crippen molar-refractivity contribution in [3.05, 3.63) is 35.9 Å². The van der Waals surface area contributed by atoms with Gasteiger partial charge < -0.3 is 5.11 Å². The van der Waals surface area contributed by atoms with Crippen LogP contribution in [-0.4, -0.2) is 31.3 Å². The smallest absolute Gasteiger partial charge is 0.321 e. The zero-order valence-electron chi connectivity index (χ0n) is 10.2. The van der Waals surface area contributed by atoms with Crippen molar-refractivity contribution in [2.75, 3.05) is 5.75 Å². The van der Waals surface area contributed by atoms with Gasteiger partial charge in [0.2, 0.25) is 10.0 Å². The van der Waals surface area contributed by atoms with Gasteiger partial charge in [0.25, 0.3) is 0 Å². The van der Waals surface area contributed by atoms with Crippen LogP contribution in [0.15, 0.2) is 30.3 Å². The molecule has 6 heteroatoms. The summed E-state index contributed by atoms with van der Waals surface area (Å²) in [5.41, 5.74) is 0.909. The average molecular weight is 271 g/mol. The number of carboxylic acid groups (broad SMARTS) is 1. The van der Waals surface area contributed by atoms with Gasteiger partial charge in [0.15, 0.2) is 0 Å². The Balaban J connectivity index is 2.57. The van der Waals surface area contributed by atoms with Gasteiger partial charge in [0.05, 0.1) is 5.75 Å². The van der Waals surface area contributed by atoms with Gasteiger partial charge in [0.1, 0.15) is 6.04 Å². The Morgan fingerprint density at radius 2 is 1.94 bits per heavy atom. The van der Waals surface area contributed by atoms with Gasteiger partial charge in [-0.05, 0) is 18.4 Å². The molecule has 0 spiro atoms. The first-order chi connectivity index (χ1) is 8.44. The zero-order valence-corrected chi connectivity index (χ0v) is 11.0. The summed E-state index contributed by atoms with van der Waals surface area (Å²) in [6.45, 7) is 1.62. The number of carboxylic acids is 1. The minimum absolute atomic E-state index is 0.110. The number of sulfonamides is 1. The molecule has 0 aliphatic heterocycles. The molecule has 0 unspecified atom stereocenters. The summed E-state index contributed by atoms with van der Waals surface area (Å²) >= 11 is 0. The average Bonchev–Trinajstić information content (AvgIpc) is 2.35. The third-order valence-corrected chi connectivity index (χ3v) is 3.92.